The van der Waals surface area contributed by atoms with Crippen LogP contribution in [0.25, 0.3) is 0 Å². The second-order valence-electron chi connectivity index (χ2n) is 2.77. The van der Waals surface area contributed by atoms with Gasteiger partial charge in [0.25, 0.3) is 4.60 Å². The van der Waals surface area contributed by atoms with Crippen molar-refractivity contribution < 1.29 is 4.73 Å². The minimum atomic E-state index is 0.406. The molecule has 60 valence electrons. The quantitative estimate of drug-likeness (QED) is 0.401. The van der Waals surface area contributed by atoms with Gasteiger partial charge in [-0.1, -0.05) is 13.8 Å². The van der Waals surface area contributed by atoms with Gasteiger partial charge in [-0.15, -0.1) is 0 Å². The van der Waals surface area contributed by atoms with Crippen LogP contribution >= 0.6 is 15.9 Å². The summed E-state index contributed by atoms with van der Waals surface area (Å²) in [5, 5.41) is 11.0. The molecule has 0 aliphatic rings. The Morgan fingerprint density at radius 3 is 2.55 bits per heavy atom. The van der Waals surface area contributed by atoms with Gasteiger partial charge in [-0.3, -0.25) is 0 Å². The predicted octanol–water partition coefficient (Wildman–Crippen LogP) is 2.21. The van der Waals surface area contributed by atoms with Gasteiger partial charge in [-0.25, -0.2) is 0 Å². The summed E-state index contributed by atoms with van der Waals surface area (Å²) in [5.41, 5.74) is 1.06. The molecule has 0 saturated heterocycles. The van der Waals surface area contributed by atoms with E-state index in [2.05, 4.69) is 29.8 Å². The Morgan fingerprint density at radius 1 is 1.45 bits per heavy atom. The van der Waals surface area contributed by atoms with Crippen molar-refractivity contribution >= 4 is 15.9 Å². The zero-order chi connectivity index (χ0) is 8.43. The van der Waals surface area contributed by atoms with E-state index in [-0.39, 0.29) is 0 Å². The van der Waals surface area contributed by atoms with Crippen LogP contribution in [0.1, 0.15) is 25.3 Å². The first-order valence-electron chi connectivity index (χ1n) is 3.50. The highest BCUT2D eigenvalue weighted by molar-refractivity contribution is 9.10. The Morgan fingerprint density at radius 2 is 2.09 bits per heavy atom. The molecule has 0 saturated carbocycles. The number of rotatable bonds is 1. The van der Waals surface area contributed by atoms with E-state index in [0.717, 1.165) is 10.3 Å². The van der Waals surface area contributed by atoms with Crippen LogP contribution in [-0.4, -0.2) is 0 Å². The van der Waals surface area contributed by atoms with Crippen LogP contribution in [-0.2, 0) is 0 Å². The summed E-state index contributed by atoms with van der Waals surface area (Å²) < 4.78 is 1.39. The van der Waals surface area contributed by atoms with E-state index in [4.69, 9.17) is 0 Å². The fourth-order valence-corrected chi connectivity index (χ4v) is 1.05. The molecule has 2 nitrogen and oxygen atoms in total. The Balaban J connectivity index is 3.05. The Hall–Kier alpha value is -0.570. The molecule has 0 aliphatic carbocycles. The van der Waals surface area contributed by atoms with Crippen LogP contribution in [0.5, 0.6) is 0 Å². The van der Waals surface area contributed by atoms with E-state index in [1.807, 2.05) is 6.07 Å². The van der Waals surface area contributed by atoms with Gasteiger partial charge in [0.05, 0.1) is 0 Å². The first kappa shape index (κ1) is 8.53. The monoisotopic (exact) mass is 215 g/mol. The van der Waals surface area contributed by atoms with Crippen molar-refractivity contribution in [1.82, 2.24) is 0 Å². The van der Waals surface area contributed by atoms with Crippen molar-refractivity contribution in [3.8, 4) is 0 Å². The lowest BCUT2D eigenvalue weighted by atomic mass is 10.1. The number of nitrogens with zero attached hydrogens (tertiary/aromatic N) is 1. The Bertz CT molecular complexity index is 260. The lowest BCUT2D eigenvalue weighted by molar-refractivity contribution is -0.617. The summed E-state index contributed by atoms with van der Waals surface area (Å²) in [6, 6.07) is 3.71. The van der Waals surface area contributed by atoms with Gasteiger partial charge in [-0.05, 0) is 12.0 Å². The third-order valence-electron chi connectivity index (χ3n) is 1.56. The third kappa shape index (κ3) is 1.93. The standard InChI is InChI=1S/C8H10BrNO/c1-6(2)7-3-4-8(9)10(11)5-7/h3-6H,1-2H3. The van der Waals surface area contributed by atoms with E-state index in [1.54, 1.807) is 12.3 Å². The maximum Gasteiger partial charge on any atom is 0.259 e. The molecule has 1 aromatic heterocycles. The molecule has 0 aliphatic heterocycles. The second-order valence-corrected chi connectivity index (χ2v) is 3.58. The van der Waals surface area contributed by atoms with Crippen molar-refractivity contribution in [1.29, 1.82) is 0 Å². The van der Waals surface area contributed by atoms with Gasteiger partial charge >= 0.3 is 0 Å². The number of hydrogen-bond donors (Lipinski definition) is 0. The lowest BCUT2D eigenvalue weighted by Gasteiger charge is -2.04. The van der Waals surface area contributed by atoms with Crippen molar-refractivity contribution in [2.75, 3.05) is 0 Å². The van der Waals surface area contributed by atoms with Crippen LogP contribution in [0.4, 0.5) is 0 Å². The molecule has 0 fully saturated rings. The highest BCUT2D eigenvalue weighted by Gasteiger charge is 2.05. The molecule has 11 heavy (non-hydrogen) atoms. The van der Waals surface area contributed by atoms with Crippen molar-refractivity contribution in [3.63, 3.8) is 0 Å². The molecular weight excluding hydrogens is 206 g/mol. The van der Waals surface area contributed by atoms with Crippen molar-refractivity contribution in [3.05, 3.63) is 33.7 Å². The summed E-state index contributed by atoms with van der Waals surface area (Å²) in [6.45, 7) is 4.12. The second kappa shape index (κ2) is 3.22. The molecule has 0 radical (unpaired) electrons. The number of aromatic nitrogens is 1. The lowest BCUT2D eigenvalue weighted by Crippen LogP contribution is -2.27. The molecule has 3 heteroatoms. The van der Waals surface area contributed by atoms with Gasteiger partial charge < -0.3 is 5.21 Å². The fourth-order valence-electron chi connectivity index (χ4n) is 0.820. The van der Waals surface area contributed by atoms with Crippen molar-refractivity contribution in [2.24, 2.45) is 0 Å². The minimum absolute atomic E-state index is 0.406. The minimum Gasteiger partial charge on any atom is -0.618 e. The smallest absolute Gasteiger partial charge is 0.259 e. The number of hydrogen-bond acceptors (Lipinski definition) is 1. The molecular formula is C8H10BrNO. The summed E-state index contributed by atoms with van der Waals surface area (Å²) in [6.07, 6.45) is 1.59. The SMILES string of the molecule is CC(C)c1ccc(Br)[n+]([O-])c1. The summed E-state index contributed by atoms with van der Waals surface area (Å²) in [7, 11) is 0. The average molecular weight is 216 g/mol. The van der Waals surface area contributed by atoms with Crippen LogP contribution < -0.4 is 4.73 Å². The molecule has 0 N–H and O–H groups in total. The zero-order valence-corrected chi connectivity index (χ0v) is 8.13. The van der Waals surface area contributed by atoms with Gasteiger partial charge in [0.15, 0.2) is 6.20 Å². The van der Waals surface area contributed by atoms with E-state index < -0.39 is 0 Å². The molecule has 0 bridgehead atoms. The van der Waals surface area contributed by atoms with E-state index in [0.29, 0.717) is 10.5 Å². The Kier molecular flexibility index (Phi) is 2.49. The molecule has 0 unspecified atom stereocenters. The Labute approximate surface area is 74.6 Å². The van der Waals surface area contributed by atoms with Crippen molar-refractivity contribution in [2.45, 2.75) is 19.8 Å². The average Bonchev–Trinajstić information content (AvgIpc) is 1.94. The van der Waals surface area contributed by atoms with Gasteiger partial charge in [-0.2, -0.15) is 4.73 Å². The number of pyridine rings is 1. The molecule has 0 atom stereocenters. The van der Waals surface area contributed by atoms with Crippen LogP contribution in [0.2, 0.25) is 0 Å². The highest BCUT2D eigenvalue weighted by atomic mass is 79.9. The normalized spacial score (nSPS) is 10.5. The largest absolute Gasteiger partial charge is 0.618 e. The highest BCUT2D eigenvalue weighted by Crippen LogP contribution is 2.13. The van der Waals surface area contributed by atoms with Gasteiger partial charge in [0.2, 0.25) is 0 Å². The fraction of sp³-hybridized carbons (Fsp3) is 0.375. The van der Waals surface area contributed by atoms with Crippen LogP contribution in [0.3, 0.4) is 0 Å². The maximum atomic E-state index is 11.0. The first-order valence-corrected chi connectivity index (χ1v) is 4.29. The molecule has 0 aromatic carbocycles. The summed E-state index contributed by atoms with van der Waals surface area (Å²) in [5.74, 6) is 0.406. The van der Waals surface area contributed by atoms with Gasteiger partial charge in [0.1, 0.15) is 0 Å². The van der Waals surface area contributed by atoms with Crippen LogP contribution in [0, 0.1) is 5.21 Å². The summed E-state index contributed by atoms with van der Waals surface area (Å²) in [4.78, 5) is 0. The molecule has 1 rings (SSSR count). The van der Waals surface area contributed by atoms with E-state index in [1.165, 1.54) is 0 Å². The molecule has 1 aromatic rings. The third-order valence-corrected chi connectivity index (χ3v) is 2.17. The molecule has 1 heterocycles. The topological polar surface area (TPSA) is 26.9 Å². The molecule has 0 amide bonds. The van der Waals surface area contributed by atoms with Gasteiger partial charge in [0, 0.05) is 27.6 Å². The van der Waals surface area contributed by atoms with E-state index >= 15 is 0 Å². The maximum absolute atomic E-state index is 11.0. The predicted molar refractivity (Wildman–Crippen MR) is 47.2 cm³/mol. The molecule has 0 spiro atoms. The first-order chi connectivity index (χ1) is 5.11. The summed E-state index contributed by atoms with van der Waals surface area (Å²) >= 11 is 3.13. The van der Waals surface area contributed by atoms with E-state index in [9.17, 15) is 5.21 Å². The zero-order valence-electron chi connectivity index (χ0n) is 6.54. The van der Waals surface area contributed by atoms with Crippen LogP contribution in [0.15, 0.2) is 22.9 Å². The number of halogens is 1.